The quantitative estimate of drug-likeness (QED) is 0.646. The monoisotopic (exact) mass is 345 g/mol. The summed E-state index contributed by atoms with van der Waals surface area (Å²) in [4.78, 5) is 4.29. The number of halogens is 2. The number of fused-ring (bicyclic) bond motifs is 1. The third kappa shape index (κ3) is 2.43. The Morgan fingerprint density at radius 2 is 2.10 bits per heavy atom. The van der Waals surface area contributed by atoms with E-state index in [1.807, 2.05) is 30.3 Å². The molecule has 0 amide bonds. The van der Waals surface area contributed by atoms with Crippen molar-refractivity contribution in [1.29, 1.82) is 5.26 Å². The van der Waals surface area contributed by atoms with E-state index in [0.29, 0.717) is 17.3 Å². The Kier molecular flexibility index (Phi) is 3.47. The minimum absolute atomic E-state index is 0.480. The van der Waals surface area contributed by atoms with Crippen molar-refractivity contribution in [3.8, 4) is 6.07 Å². The summed E-state index contributed by atoms with van der Waals surface area (Å²) in [6, 6.07) is 15.4. The van der Waals surface area contributed by atoms with Crippen molar-refractivity contribution in [2.45, 2.75) is 6.54 Å². The smallest absolute Gasteiger partial charge is 0.129 e. The van der Waals surface area contributed by atoms with Gasteiger partial charge >= 0.3 is 0 Å². The Bertz CT molecular complexity index is 833. The molecule has 0 aliphatic rings. The number of hydrogen-bond donors (Lipinski definition) is 0. The van der Waals surface area contributed by atoms with E-state index in [0.717, 1.165) is 21.2 Å². The van der Waals surface area contributed by atoms with Gasteiger partial charge in [-0.15, -0.1) is 0 Å². The first-order chi connectivity index (χ1) is 9.67. The van der Waals surface area contributed by atoms with Crippen molar-refractivity contribution in [2.24, 2.45) is 0 Å². The molecule has 0 saturated heterocycles. The van der Waals surface area contributed by atoms with Gasteiger partial charge in [-0.3, -0.25) is 0 Å². The van der Waals surface area contributed by atoms with E-state index in [2.05, 4.69) is 31.6 Å². The molecule has 0 spiro atoms. The van der Waals surface area contributed by atoms with Crippen molar-refractivity contribution in [1.82, 2.24) is 9.55 Å². The molecule has 3 aromatic rings. The normalized spacial score (nSPS) is 10.7. The minimum Gasteiger partial charge on any atom is -0.329 e. The second kappa shape index (κ2) is 5.28. The molecular weight excluding hydrogens is 338 g/mol. The second-order valence-corrected chi connectivity index (χ2v) is 5.60. The molecule has 3 rings (SSSR count). The molecule has 1 aromatic carbocycles. The fraction of sp³-hybridized carbons (Fsp3) is 0.0667. The highest BCUT2D eigenvalue weighted by Gasteiger charge is 2.09. The molecule has 98 valence electrons. The topological polar surface area (TPSA) is 41.6 Å². The Balaban J connectivity index is 2.06. The van der Waals surface area contributed by atoms with Gasteiger partial charge in [-0.2, -0.15) is 5.26 Å². The molecule has 0 saturated carbocycles. The molecule has 20 heavy (non-hydrogen) atoms. The predicted octanol–water partition coefficient (Wildman–Crippen LogP) is 4.37. The van der Waals surface area contributed by atoms with Gasteiger partial charge in [-0.1, -0.05) is 23.7 Å². The summed E-state index contributed by atoms with van der Waals surface area (Å²) in [5.74, 6) is 0. The van der Waals surface area contributed by atoms with Crippen LogP contribution < -0.4 is 0 Å². The molecule has 0 fully saturated rings. The lowest BCUT2D eigenvalue weighted by atomic mass is 10.1. The third-order valence-electron chi connectivity index (χ3n) is 3.07. The van der Waals surface area contributed by atoms with E-state index in [4.69, 9.17) is 16.9 Å². The number of rotatable bonds is 2. The first-order valence-electron chi connectivity index (χ1n) is 5.98. The first kappa shape index (κ1) is 13.2. The third-order valence-corrected chi connectivity index (χ3v) is 3.94. The van der Waals surface area contributed by atoms with Gasteiger partial charge in [-0.05, 0) is 51.8 Å². The van der Waals surface area contributed by atoms with E-state index < -0.39 is 0 Å². The van der Waals surface area contributed by atoms with Gasteiger partial charge in [0.15, 0.2) is 0 Å². The summed E-state index contributed by atoms with van der Waals surface area (Å²) in [6.45, 7) is 0.670. The fourth-order valence-corrected chi connectivity index (χ4v) is 2.85. The van der Waals surface area contributed by atoms with E-state index in [1.165, 1.54) is 0 Å². The molecular formula is C15H9BrClN3. The maximum Gasteiger partial charge on any atom is 0.129 e. The fourth-order valence-electron chi connectivity index (χ4n) is 2.17. The molecule has 0 radical (unpaired) electrons. The summed E-state index contributed by atoms with van der Waals surface area (Å²) in [6.07, 6.45) is 0. The minimum atomic E-state index is 0.480. The SMILES string of the molecule is N#Cc1cccc(Cn2c(Br)cc3nc(Cl)ccc32)c1. The summed E-state index contributed by atoms with van der Waals surface area (Å²) < 4.78 is 3.03. The zero-order valence-corrected chi connectivity index (χ0v) is 12.7. The highest BCUT2D eigenvalue weighted by molar-refractivity contribution is 9.10. The molecule has 5 heteroatoms. The Hall–Kier alpha value is -1.83. The van der Waals surface area contributed by atoms with E-state index in [9.17, 15) is 0 Å². The molecule has 0 aliphatic heterocycles. The molecule has 2 heterocycles. The number of nitrogens with zero attached hydrogens (tertiary/aromatic N) is 3. The van der Waals surface area contributed by atoms with Gasteiger partial charge < -0.3 is 4.57 Å². The van der Waals surface area contributed by atoms with Gasteiger partial charge in [0.05, 0.1) is 27.3 Å². The van der Waals surface area contributed by atoms with Crippen LogP contribution in [-0.4, -0.2) is 9.55 Å². The lowest BCUT2D eigenvalue weighted by molar-refractivity contribution is 0.816. The van der Waals surface area contributed by atoms with Crippen LogP contribution in [0.4, 0.5) is 0 Å². The zero-order chi connectivity index (χ0) is 14.1. The van der Waals surface area contributed by atoms with Crippen LogP contribution in [0, 0.1) is 11.3 Å². The molecule has 0 atom stereocenters. The maximum absolute atomic E-state index is 8.95. The molecule has 0 bridgehead atoms. The number of pyridine rings is 1. The first-order valence-corrected chi connectivity index (χ1v) is 7.15. The molecule has 2 aromatic heterocycles. The predicted molar refractivity (Wildman–Crippen MR) is 82.7 cm³/mol. The van der Waals surface area contributed by atoms with Crippen LogP contribution in [0.3, 0.4) is 0 Å². The number of nitriles is 1. The van der Waals surface area contributed by atoms with Gasteiger partial charge in [0.1, 0.15) is 5.15 Å². The van der Waals surface area contributed by atoms with E-state index >= 15 is 0 Å². The van der Waals surface area contributed by atoms with Crippen molar-refractivity contribution in [3.63, 3.8) is 0 Å². The van der Waals surface area contributed by atoms with E-state index in [1.54, 1.807) is 12.1 Å². The molecule has 3 nitrogen and oxygen atoms in total. The number of aromatic nitrogens is 2. The van der Waals surface area contributed by atoms with Crippen LogP contribution in [0.25, 0.3) is 11.0 Å². The maximum atomic E-state index is 8.95. The Morgan fingerprint density at radius 1 is 1.25 bits per heavy atom. The van der Waals surface area contributed by atoms with Crippen molar-refractivity contribution < 1.29 is 0 Å². The average Bonchev–Trinajstić information content (AvgIpc) is 2.74. The zero-order valence-electron chi connectivity index (χ0n) is 10.3. The standard InChI is InChI=1S/C15H9BrClN3/c16-14-7-12-13(4-5-15(17)19-12)20(14)9-11-3-1-2-10(6-11)8-18/h1-7H,9H2. The summed E-state index contributed by atoms with van der Waals surface area (Å²) in [5, 5.41) is 9.43. The summed E-state index contributed by atoms with van der Waals surface area (Å²) in [7, 11) is 0. The lowest BCUT2D eigenvalue weighted by Gasteiger charge is -2.07. The van der Waals surface area contributed by atoms with Crippen LogP contribution in [0.1, 0.15) is 11.1 Å². The lowest BCUT2D eigenvalue weighted by Crippen LogP contribution is -2.00. The van der Waals surface area contributed by atoms with Gasteiger partial charge in [0.2, 0.25) is 0 Å². The van der Waals surface area contributed by atoms with Crippen LogP contribution in [0.5, 0.6) is 0 Å². The van der Waals surface area contributed by atoms with Crippen molar-refractivity contribution in [2.75, 3.05) is 0 Å². The highest BCUT2D eigenvalue weighted by atomic mass is 79.9. The Morgan fingerprint density at radius 3 is 2.90 bits per heavy atom. The summed E-state index contributed by atoms with van der Waals surface area (Å²) in [5.41, 5.74) is 3.58. The van der Waals surface area contributed by atoms with Crippen LogP contribution in [0.2, 0.25) is 5.15 Å². The van der Waals surface area contributed by atoms with Crippen LogP contribution >= 0.6 is 27.5 Å². The summed E-state index contributed by atoms with van der Waals surface area (Å²) >= 11 is 9.45. The molecule has 0 unspecified atom stereocenters. The largest absolute Gasteiger partial charge is 0.329 e. The second-order valence-electron chi connectivity index (χ2n) is 4.40. The van der Waals surface area contributed by atoms with Crippen LogP contribution in [0.15, 0.2) is 47.1 Å². The number of benzene rings is 1. The average molecular weight is 347 g/mol. The van der Waals surface area contributed by atoms with Crippen molar-refractivity contribution >= 4 is 38.6 Å². The number of hydrogen-bond acceptors (Lipinski definition) is 2. The van der Waals surface area contributed by atoms with Gasteiger partial charge in [-0.25, -0.2) is 4.98 Å². The highest BCUT2D eigenvalue weighted by Crippen LogP contribution is 2.25. The van der Waals surface area contributed by atoms with Gasteiger partial charge in [0.25, 0.3) is 0 Å². The Labute approximate surface area is 129 Å². The van der Waals surface area contributed by atoms with Crippen LogP contribution in [-0.2, 0) is 6.54 Å². The van der Waals surface area contributed by atoms with Crippen molar-refractivity contribution in [3.05, 3.63) is 63.3 Å². The molecule has 0 N–H and O–H groups in total. The molecule has 0 aliphatic carbocycles. The van der Waals surface area contributed by atoms with Gasteiger partial charge in [0, 0.05) is 6.54 Å². The van der Waals surface area contributed by atoms with E-state index in [-0.39, 0.29) is 0 Å².